The second kappa shape index (κ2) is 6.89. The van der Waals surface area contributed by atoms with Crippen molar-refractivity contribution < 1.29 is 8.42 Å². The van der Waals surface area contributed by atoms with Crippen LogP contribution in [0.15, 0.2) is 42.9 Å². The SMILES string of the molecule is CCS(=O)(=O)N1CCC(c2nc3c4cnn(-c5ccccc5)c4ncn3n2)CC1. The summed E-state index contributed by atoms with van der Waals surface area (Å²) in [6.07, 6.45) is 4.86. The van der Waals surface area contributed by atoms with Crippen LogP contribution in [-0.2, 0) is 10.0 Å². The summed E-state index contributed by atoms with van der Waals surface area (Å²) in [5, 5.41) is 9.93. The summed E-state index contributed by atoms with van der Waals surface area (Å²) in [7, 11) is -3.14. The van der Waals surface area contributed by atoms with Crippen molar-refractivity contribution in [1.29, 1.82) is 0 Å². The van der Waals surface area contributed by atoms with Crippen LogP contribution in [-0.4, -0.2) is 60.9 Å². The van der Waals surface area contributed by atoms with Gasteiger partial charge < -0.3 is 0 Å². The van der Waals surface area contributed by atoms with E-state index >= 15 is 0 Å². The summed E-state index contributed by atoms with van der Waals surface area (Å²) in [6.45, 7) is 2.70. The molecule has 1 aliphatic rings. The van der Waals surface area contributed by atoms with Gasteiger partial charge in [0, 0.05) is 19.0 Å². The molecule has 4 heterocycles. The third-order valence-electron chi connectivity index (χ3n) is 5.50. The van der Waals surface area contributed by atoms with Crippen molar-refractivity contribution in [2.24, 2.45) is 0 Å². The van der Waals surface area contributed by atoms with Crippen molar-refractivity contribution in [3.05, 3.63) is 48.7 Å². The van der Waals surface area contributed by atoms with E-state index in [0.717, 1.165) is 41.0 Å². The van der Waals surface area contributed by atoms with Crippen molar-refractivity contribution in [3.8, 4) is 5.69 Å². The lowest BCUT2D eigenvalue weighted by atomic mass is 9.98. The minimum absolute atomic E-state index is 0.137. The Kier molecular flexibility index (Phi) is 4.32. The number of hydrogen-bond donors (Lipinski definition) is 0. The zero-order chi connectivity index (χ0) is 20.0. The molecule has 0 bridgehead atoms. The summed E-state index contributed by atoms with van der Waals surface area (Å²) in [4.78, 5) is 9.30. The van der Waals surface area contributed by atoms with E-state index in [1.54, 1.807) is 33.0 Å². The third kappa shape index (κ3) is 3.08. The fourth-order valence-corrected chi connectivity index (χ4v) is 4.98. The van der Waals surface area contributed by atoms with Crippen LogP contribution in [0.4, 0.5) is 0 Å². The molecule has 0 aliphatic carbocycles. The molecule has 0 saturated carbocycles. The Bertz CT molecular complexity index is 1270. The van der Waals surface area contributed by atoms with Crippen LogP contribution in [0.1, 0.15) is 31.5 Å². The summed E-state index contributed by atoms with van der Waals surface area (Å²) in [5.74, 6) is 1.01. The van der Waals surface area contributed by atoms with Gasteiger partial charge in [0.2, 0.25) is 10.0 Å². The van der Waals surface area contributed by atoms with E-state index in [0.29, 0.717) is 13.1 Å². The van der Waals surface area contributed by atoms with E-state index in [-0.39, 0.29) is 11.7 Å². The molecule has 0 N–H and O–H groups in total. The number of nitrogens with zero attached hydrogens (tertiary/aromatic N) is 7. The molecule has 9 nitrogen and oxygen atoms in total. The third-order valence-corrected chi connectivity index (χ3v) is 7.38. The Balaban J connectivity index is 1.47. The topological polar surface area (TPSA) is 98.3 Å². The van der Waals surface area contributed by atoms with E-state index in [1.165, 1.54) is 0 Å². The van der Waals surface area contributed by atoms with Crippen LogP contribution in [0.3, 0.4) is 0 Å². The largest absolute Gasteiger partial charge is 0.216 e. The van der Waals surface area contributed by atoms with E-state index in [2.05, 4.69) is 15.2 Å². The minimum atomic E-state index is -3.14. The predicted octanol–water partition coefficient (Wildman–Crippen LogP) is 1.99. The maximum atomic E-state index is 12.1. The molecule has 3 aromatic heterocycles. The normalized spacial score (nSPS) is 16.7. The fourth-order valence-electron chi connectivity index (χ4n) is 3.84. The first-order chi connectivity index (χ1) is 14.1. The average molecular weight is 411 g/mol. The predicted molar refractivity (Wildman–Crippen MR) is 108 cm³/mol. The molecule has 0 spiro atoms. The van der Waals surface area contributed by atoms with Gasteiger partial charge in [0.25, 0.3) is 0 Å². The number of para-hydroxylation sites is 1. The van der Waals surface area contributed by atoms with Gasteiger partial charge in [-0.05, 0) is 31.9 Å². The van der Waals surface area contributed by atoms with Gasteiger partial charge in [-0.25, -0.2) is 31.9 Å². The van der Waals surface area contributed by atoms with Crippen LogP contribution in [0.5, 0.6) is 0 Å². The maximum Gasteiger partial charge on any atom is 0.213 e. The Morgan fingerprint density at radius 3 is 2.59 bits per heavy atom. The van der Waals surface area contributed by atoms with Crippen LogP contribution >= 0.6 is 0 Å². The maximum absolute atomic E-state index is 12.1. The first-order valence-corrected chi connectivity index (χ1v) is 11.3. The van der Waals surface area contributed by atoms with Gasteiger partial charge in [-0.1, -0.05) is 18.2 Å². The summed E-state index contributed by atoms with van der Waals surface area (Å²) in [5.41, 5.74) is 2.38. The number of hydrogen-bond acceptors (Lipinski definition) is 6. The number of fused-ring (bicyclic) bond motifs is 3. The van der Waals surface area contributed by atoms with Crippen molar-refractivity contribution in [2.75, 3.05) is 18.8 Å². The van der Waals surface area contributed by atoms with Crippen molar-refractivity contribution in [3.63, 3.8) is 0 Å². The number of benzene rings is 1. The van der Waals surface area contributed by atoms with Gasteiger partial charge in [0.1, 0.15) is 6.33 Å². The van der Waals surface area contributed by atoms with E-state index in [9.17, 15) is 8.42 Å². The molecular formula is C19H21N7O2S. The lowest BCUT2D eigenvalue weighted by Crippen LogP contribution is -2.38. The molecule has 29 heavy (non-hydrogen) atoms. The molecule has 0 atom stereocenters. The zero-order valence-corrected chi connectivity index (χ0v) is 16.8. The van der Waals surface area contributed by atoms with Crippen LogP contribution < -0.4 is 0 Å². The first kappa shape index (κ1) is 18.2. The molecule has 0 amide bonds. The molecule has 1 saturated heterocycles. The van der Waals surface area contributed by atoms with Gasteiger partial charge in [-0.15, -0.1) is 5.10 Å². The summed E-state index contributed by atoms with van der Waals surface area (Å²) >= 11 is 0. The van der Waals surface area contributed by atoms with Crippen LogP contribution in [0.25, 0.3) is 22.4 Å². The van der Waals surface area contributed by atoms with E-state index in [4.69, 9.17) is 4.98 Å². The lowest BCUT2D eigenvalue weighted by Gasteiger charge is -2.29. The molecule has 0 unspecified atom stereocenters. The Morgan fingerprint density at radius 2 is 1.86 bits per heavy atom. The Hall–Kier alpha value is -2.85. The fraction of sp³-hybridized carbons (Fsp3) is 0.368. The van der Waals surface area contributed by atoms with Crippen LogP contribution in [0, 0.1) is 0 Å². The zero-order valence-electron chi connectivity index (χ0n) is 16.0. The molecule has 10 heteroatoms. The van der Waals surface area contributed by atoms with Gasteiger partial charge >= 0.3 is 0 Å². The summed E-state index contributed by atoms with van der Waals surface area (Å²) in [6, 6.07) is 9.84. The highest BCUT2D eigenvalue weighted by atomic mass is 32.2. The lowest BCUT2D eigenvalue weighted by molar-refractivity contribution is 0.314. The molecule has 1 aromatic carbocycles. The monoisotopic (exact) mass is 411 g/mol. The van der Waals surface area contributed by atoms with Crippen LogP contribution in [0.2, 0.25) is 0 Å². The number of piperidine rings is 1. The highest BCUT2D eigenvalue weighted by Crippen LogP contribution is 2.28. The molecule has 1 fully saturated rings. The highest BCUT2D eigenvalue weighted by Gasteiger charge is 2.29. The van der Waals surface area contributed by atoms with Gasteiger partial charge in [-0.3, -0.25) is 0 Å². The number of sulfonamides is 1. The van der Waals surface area contributed by atoms with Gasteiger partial charge in [0.05, 0.1) is 23.0 Å². The van der Waals surface area contributed by atoms with Gasteiger partial charge in [0.15, 0.2) is 17.1 Å². The molecule has 1 aliphatic heterocycles. The average Bonchev–Trinajstić information content (AvgIpc) is 3.38. The molecule has 150 valence electrons. The van der Waals surface area contributed by atoms with E-state index in [1.807, 2.05) is 30.3 Å². The molecule has 5 rings (SSSR count). The summed E-state index contributed by atoms with van der Waals surface area (Å²) < 4.78 is 29.2. The van der Waals surface area contributed by atoms with Crippen molar-refractivity contribution in [1.82, 2.24) is 33.7 Å². The minimum Gasteiger partial charge on any atom is -0.216 e. The van der Waals surface area contributed by atoms with E-state index < -0.39 is 10.0 Å². The molecule has 0 radical (unpaired) electrons. The Morgan fingerprint density at radius 1 is 1.10 bits per heavy atom. The van der Waals surface area contributed by atoms with Crippen molar-refractivity contribution in [2.45, 2.75) is 25.7 Å². The Labute approximate surface area is 168 Å². The molecule has 4 aromatic rings. The molecular weight excluding hydrogens is 390 g/mol. The standard InChI is InChI=1S/C19H21N7O2S/c1-2-29(27,28)24-10-8-14(9-11-24)17-22-19-16-12-21-26(15-6-4-3-5-7-15)18(16)20-13-25(19)23-17/h3-7,12-14H,2,8-11H2,1H3. The van der Waals surface area contributed by atoms with Crippen molar-refractivity contribution >= 4 is 26.7 Å². The highest BCUT2D eigenvalue weighted by molar-refractivity contribution is 7.89. The smallest absolute Gasteiger partial charge is 0.213 e. The second-order valence-corrected chi connectivity index (χ2v) is 9.44. The first-order valence-electron chi connectivity index (χ1n) is 9.69. The quantitative estimate of drug-likeness (QED) is 0.509. The van der Waals surface area contributed by atoms with Gasteiger partial charge in [-0.2, -0.15) is 5.10 Å². The number of rotatable bonds is 4. The second-order valence-electron chi connectivity index (χ2n) is 7.19. The number of aromatic nitrogens is 6.